The third-order valence-electron chi connectivity index (χ3n) is 9.13. The summed E-state index contributed by atoms with van der Waals surface area (Å²) in [6, 6.07) is 53.1. The van der Waals surface area contributed by atoms with E-state index in [1.807, 2.05) is 110 Å². The molecule has 21 heteroatoms. The van der Waals surface area contributed by atoms with Gasteiger partial charge in [0.05, 0.1) is 44.8 Å². The minimum atomic E-state index is -10.7. The largest absolute Gasteiger partial charge is 2.00 e. The van der Waals surface area contributed by atoms with Crippen molar-refractivity contribution in [1.82, 2.24) is 29.9 Å². The van der Waals surface area contributed by atoms with Gasteiger partial charge in [-0.15, -0.1) is 0 Å². The van der Waals surface area contributed by atoms with E-state index >= 15 is 0 Å². The summed E-state index contributed by atoms with van der Waals surface area (Å²) in [4.78, 5) is 28.1. The maximum atomic E-state index is 9.87. The van der Waals surface area contributed by atoms with Crippen molar-refractivity contribution < 1.29 is 69.8 Å². The Labute approximate surface area is 385 Å². The summed E-state index contributed by atoms with van der Waals surface area (Å²) in [5.41, 5.74) is 11.7. The van der Waals surface area contributed by atoms with Gasteiger partial charge in [0.15, 0.2) is 0 Å². The van der Waals surface area contributed by atoms with Gasteiger partial charge >= 0.3 is 85.5 Å². The monoisotopic (exact) mass is 1060 g/mol. The van der Waals surface area contributed by atoms with Crippen molar-refractivity contribution in [2.75, 3.05) is 0 Å². The molecule has 0 saturated carbocycles. The maximum absolute atomic E-state index is 10.7. The molecule has 6 heterocycles. The zero-order valence-electron chi connectivity index (χ0n) is 33.8. The van der Waals surface area contributed by atoms with Crippen LogP contribution >= 0.6 is 15.6 Å². The molecule has 67 heavy (non-hydrogen) atoms. The first kappa shape index (κ1) is 49.9. The van der Waals surface area contributed by atoms with Crippen molar-refractivity contribution in [3.63, 3.8) is 0 Å². The summed E-state index contributed by atoms with van der Waals surface area (Å²) >= 11 is 0. The Hall–Kier alpha value is -6.54. The van der Waals surface area contributed by atoms with Gasteiger partial charge in [-0.25, -0.2) is 9.97 Å². The van der Waals surface area contributed by atoms with Crippen LogP contribution in [0.2, 0.25) is 0 Å². The van der Waals surface area contributed by atoms with E-state index in [-0.39, 0.29) is 19.5 Å². The number of aromatic nitrogens is 6. The molecule has 346 valence electrons. The zero-order chi connectivity index (χ0) is 47.5. The average molecular weight is 1060 g/mol. The van der Waals surface area contributed by atoms with Crippen molar-refractivity contribution in [3.05, 3.63) is 183 Å². The van der Waals surface area contributed by atoms with Crippen LogP contribution in [0.3, 0.4) is 0 Å². The first-order valence-electron chi connectivity index (χ1n) is 19.1. The van der Waals surface area contributed by atoms with Crippen LogP contribution < -0.4 is 0 Å². The Morgan fingerprint density at radius 2 is 0.433 bits per heavy atom. The van der Waals surface area contributed by atoms with E-state index in [1.54, 1.807) is 0 Å². The summed E-state index contributed by atoms with van der Waals surface area (Å²) in [7, 11) is -21.3. The van der Waals surface area contributed by atoms with Crippen LogP contribution in [-0.4, -0.2) is 29.9 Å². The second kappa shape index (κ2) is 17.6. The van der Waals surface area contributed by atoms with Crippen LogP contribution in [0.1, 0.15) is 0 Å². The standard InChI is InChI=1S/2C23H15N3.2F6P.Ru/c2*1-6-16-8-4-14-24-22(16)18(10-1)20-12-3-13-21(26-20)19-11-2-7-17-9-5-15-25-23(17)19;2*1-7(2,3,4,5)6;/h2*1-15H;;;/q;;2*-1;+2. The molecule has 6 nitrogen and oxygen atoms in total. The number of rotatable bonds is 4. The Kier molecular flexibility index (Phi) is 13.1. The molecule has 0 radical (unpaired) electrons. The predicted molar refractivity (Wildman–Crippen MR) is 239 cm³/mol. The SMILES string of the molecule is F[P-](F)(F)(F)(F)F.F[P-](F)(F)(F)(F)F.[Ru+2].c1cc(-c2cccc3cccnc23)nc(-c2cccc3cccnc23)c1.c1cc(-c2cccc3cccnc23)nc(-c2cccc3cccnc23)c1. The molecule has 0 N–H and O–H groups in total. The summed E-state index contributed by atoms with van der Waals surface area (Å²) in [6.45, 7) is 0. The van der Waals surface area contributed by atoms with Crippen LogP contribution in [0.25, 0.3) is 88.6 Å². The molecule has 0 aliphatic carbocycles. The molecule has 0 fully saturated rings. The topological polar surface area (TPSA) is 77.3 Å². The Balaban J connectivity index is 0.000000171. The molecule has 0 unspecified atom stereocenters. The van der Waals surface area contributed by atoms with Crippen LogP contribution in [-0.2, 0) is 19.5 Å². The van der Waals surface area contributed by atoms with E-state index in [0.717, 1.165) is 88.6 Å². The van der Waals surface area contributed by atoms with Crippen LogP contribution in [0.4, 0.5) is 50.4 Å². The first-order chi connectivity index (χ1) is 30.7. The number of benzene rings is 4. The minimum absolute atomic E-state index is 0. The number of para-hydroxylation sites is 4. The molecule has 6 aromatic heterocycles. The fourth-order valence-electron chi connectivity index (χ4n) is 6.71. The van der Waals surface area contributed by atoms with E-state index in [9.17, 15) is 50.4 Å². The van der Waals surface area contributed by atoms with E-state index in [1.165, 1.54) is 0 Å². The number of fused-ring (bicyclic) bond motifs is 4. The Morgan fingerprint density at radius 1 is 0.254 bits per heavy atom. The summed E-state index contributed by atoms with van der Waals surface area (Å²) < 4.78 is 118. The van der Waals surface area contributed by atoms with Crippen LogP contribution in [0.15, 0.2) is 183 Å². The van der Waals surface area contributed by atoms with Crippen molar-refractivity contribution in [3.8, 4) is 45.0 Å². The molecular formula is C46H30F12N6P2Ru. The molecule has 0 atom stereocenters. The number of hydrogen-bond donors (Lipinski definition) is 0. The first-order valence-corrected chi connectivity index (χ1v) is 23.2. The van der Waals surface area contributed by atoms with Crippen LogP contribution in [0.5, 0.6) is 0 Å². The smallest absolute Gasteiger partial charge is 0.256 e. The van der Waals surface area contributed by atoms with Gasteiger partial charge in [0.1, 0.15) is 0 Å². The molecule has 0 aliphatic heterocycles. The molecule has 10 aromatic rings. The molecule has 0 saturated heterocycles. The third-order valence-corrected chi connectivity index (χ3v) is 9.13. The van der Waals surface area contributed by atoms with E-state index in [2.05, 4.69) is 92.7 Å². The quantitative estimate of drug-likeness (QED) is 0.0993. The predicted octanol–water partition coefficient (Wildman–Crippen LogP) is 17.8. The summed E-state index contributed by atoms with van der Waals surface area (Å²) in [5.74, 6) is 0. The molecule has 4 aromatic carbocycles. The van der Waals surface area contributed by atoms with Crippen LogP contribution in [0, 0.1) is 0 Å². The number of nitrogens with zero attached hydrogens (tertiary/aromatic N) is 6. The van der Waals surface area contributed by atoms with Crippen molar-refractivity contribution in [2.24, 2.45) is 0 Å². The van der Waals surface area contributed by atoms with Gasteiger partial charge in [0, 0.05) is 68.6 Å². The summed E-state index contributed by atoms with van der Waals surface area (Å²) in [5, 5.41) is 4.46. The molecule has 0 spiro atoms. The maximum Gasteiger partial charge on any atom is 2.00 e. The molecule has 0 aliphatic rings. The number of hydrogen-bond acceptors (Lipinski definition) is 6. The summed E-state index contributed by atoms with van der Waals surface area (Å²) in [6.07, 6.45) is 7.29. The fourth-order valence-corrected chi connectivity index (χ4v) is 6.71. The van der Waals surface area contributed by atoms with Crippen molar-refractivity contribution in [2.45, 2.75) is 0 Å². The van der Waals surface area contributed by atoms with Gasteiger partial charge in [-0.2, -0.15) is 0 Å². The van der Waals surface area contributed by atoms with Gasteiger partial charge in [-0.05, 0) is 48.5 Å². The Morgan fingerprint density at radius 3 is 0.642 bits per heavy atom. The molecule has 10 rings (SSSR count). The van der Waals surface area contributed by atoms with Gasteiger partial charge in [0.2, 0.25) is 0 Å². The second-order valence-corrected chi connectivity index (χ2v) is 18.1. The average Bonchev–Trinajstić information content (AvgIpc) is 3.26. The normalized spacial score (nSPS) is 13.4. The molecular weight excluding hydrogens is 1030 g/mol. The minimum Gasteiger partial charge on any atom is -0.256 e. The van der Waals surface area contributed by atoms with Gasteiger partial charge < -0.3 is 0 Å². The molecule has 0 amide bonds. The van der Waals surface area contributed by atoms with E-state index in [0.29, 0.717) is 0 Å². The van der Waals surface area contributed by atoms with E-state index < -0.39 is 15.6 Å². The van der Waals surface area contributed by atoms with E-state index in [4.69, 9.17) is 9.97 Å². The Bertz CT molecular complexity index is 2950. The number of pyridine rings is 6. The van der Waals surface area contributed by atoms with Gasteiger partial charge in [0.25, 0.3) is 0 Å². The molecule has 0 bridgehead atoms. The second-order valence-electron chi connectivity index (χ2n) is 14.3. The van der Waals surface area contributed by atoms with Gasteiger partial charge in [-0.1, -0.05) is 109 Å². The zero-order valence-corrected chi connectivity index (χ0v) is 37.3. The number of halogens is 12. The fraction of sp³-hybridized carbons (Fsp3) is 0. The van der Waals surface area contributed by atoms with Crippen molar-refractivity contribution in [1.29, 1.82) is 0 Å². The van der Waals surface area contributed by atoms with Crippen molar-refractivity contribution >= 4 is 59.2 Å². The third kappa shape index (κ3) is 15.3. The van der Waals surface area contributed by atoms with Gasteiger partial charge in [-0.3, -0.25) is 19.9 Å².